The molecule has 0 amide bonds. The van der Waals surface area contributed by atoms with Crippen LogP contribution in [0.5, 0.6) is 0 Å². The molecular weight excluding hydrogens is 224 g/mol. The van der Waals surface area contributed by atoms with Gasteiger partial charge in [-0.15, -0.1) is 0 Å². The van der Waals surface area contributed by atoms with Crippen LogP contribution in [-0.2, 0) is 4.65 Å². The molecule has 92 valence electrons. The number of carbonyl (C=O) groups is 1. The van der Waals surface area contributed by atoms with Crippen LogP contribution >= 0.6 is 0 Å². The molecule has 0 N–H and O–H groups in total. The quantitative estimate of drug-likeness (QED) is 0.424. The van der Waals surface area contributed by atoms with Gasteiger partial charge in [0.25, 0.3) is 0 Å². The Labute approximate surface area is 108 Å². The molecule has 0 aliphatic heterocycles. The average Bonchev–Trinajstić information content (AvgIpc) is 2.43. The molecule has 2 heteroatoms. The van der Waals surface area contributed by atoms with Crippen molar-refractivity contribution in [1.82, 2.24) is 0 Å². The number of hydrogen-bond donors (Lipinski definition) is 0. The van der Waals surface area contributed by atoms with E-state index in [4.69, 9.17) is 4.65 Å². The molecule has 18 heavy (non-hydrogen) atoms. The van der Waals surface area contributed by atoms with E-state index < -0.39 is 0 Å². The molecular formula is C16H16O2. The summed E-state index contributed by atoms with van der Waals surface area (Å²) < 4.78 is 7.50. The second-order valence-electron chi connectivity index (χ2n) is 3.58. The van der Waals surface area contributed by atoms with E-state index in [-0.39, 0.29) is 5.78 Å². The fraction of sp³-hybridized carbons (Fsp3) is 0.125. The van der Waals surface area contributed by atoms with Gasteiger partial charge in [0, 0.05) is 5.56 Å². The van der Waals surface area contributed by atoms with Gasteiger partial charge in [0.05, 0.1) is 0 Å². The average molecular weight is 240 g/mol. The van der Waals surface area contributed by atoms with E-state index in [2.05, 4.69) is 25.7 Å². The second kappa shape index (κ2) is 10.0. The van der Waals surface area contributed by atoms with Crippen LogP contribution in [0, 0.1) is 13.6 Å². The molecule has 2 rings (SSSR count). The molecule has 0 saturated carbocycles. The molecule has 0 heterocycles. The Hall–Kier alpha value is -2.15. The minimum absolute atomic E-state index is 0.121. The van der Waals surface area contributed by atoms with Crippen molar-refractivity contribution in [3.8, 4) is 0 Å². The van der Waals surface area contributed by atoms with Crippen LogP contribution in [0.2, 0.25) is 0 Å². The van der Waals surface area contributed by atoms with Crippen LogP contribution in [0.1, 0.15) is 22.8 Å². The Kier molecular flexibility index (Phi) is 8.83. The van der Waals surface area contributed by atoms with Gasteiger partial charge >= 0.3 is 11.3 Å². The van der Waals surface area contributed by atoms with Gasteiger partial charge in [0.15, 0.2) is 5.78 Å². The summed E-state index contributed by atoms with van der Waals surface area (Å²) >= 11 is 0. The van der Waals surface area contributed by atoms with Gasteiger partial charge in [0.1, 0.15) is 0 Å². The van der Waals surface area contributed by atoms with Crippen molar-refractivity contribution in [2.45, 2.75) is 13.8 Å². The molecule has 0 aromatic heterocycles. The van der Waals surface area contributed by atoms with Crippen molar-refractivity contribution < 1.29 is 9.45 Å². The summed E-state index contributed by atoms with van der Waals surface area (Å²) in [6, 6.07) is 19.5. The van der Waals surface area contributed by atoms with Crippen LogP contribution in [0.25, 0.3) is 0 Å². The van der Waals surface area contributed by atoms with Crippen LogP contribution in [0.15, 0.2) is 60.7 Å². The normalized spacial score (nSPS) is 8.00. The van der Waals surface area contributed by atoms with E-state index in [1.165, 1.54) is 5.56 Å². The molecule has 0 saturated heterocycles. The van der Waals surface area contributed by atoms with Gasteiger partial charge in [-0.1, -0.05) is 66.2 Å². The molecule has 0 atom stereocenters. The van der Waals surface area contributed by atoms with Crippen molar-refractivity contribution in [3.05, 3.63) is 78.4 Å². The molecule has 0 fully saturated rings. The van der Waals surface area contributed by atoms with E-state index in [9.17, 15) is 4.79 Å². The van der Waals surface area contributed by atoms with E-state index in [1.54, 1.807) is 6.92 Å². The fourth-order valence-corrected chi connectivity index (χ4v) is 1.21. The predicted octanol–water partition coefficient (Wildman–Crippen LogP) is 3.85. The Balaban J connectivity index is 0.000000289. The van der Waals surface area contributed by atoms with Crippen LogP contribution in [-0.4, -0.2) is 5.78 Å². The third-order valence-electron chi connectivity index (χ3n) is 2.12. The van der Waals surface area contributed by atoms with Crippen molar-refractivity contribution in [1.29, 1.82) is 0 Å². The van der Waals surface area contributed by atoms with Gasteiger partial charge in [0.2, 0.25) is 0 Å². The Morgan fingerprint density at radius 3 is 1.50 bits per heavy atom. The SMILES string of the molecule is CC(=O)c1ccccc1.Cc1ccccc1.[C-]#[O+]. The summed E-state index contributed by atoms with van der Waals surface area (Å²) in [5.41, 5.74) is 2.10. The monoisotopic (exact) mass is 240 g/mol. The van der Waals surface area contributed by atoms with Crippen molar-refractivity contribution in [2.75, 3.05) is 0 Å². The van der Waals surface area contributed by atoms with E-state index in [1.807, 2.05) is 48.5 Å². The molecule has 0 bridgehead atoms. The molecule has 2 nitrogen and oxygen atoms in total. The third kappa shape index (κ3) is 7.18. The van der Waals surface area contributed by atoms with Gasteiger partial charge in [-0.25, -0.2) is 0 Å². The number of hydrogen-bond acceptors (Lipinski definition) is 1. The molecule has 0 aliphatic carbocycles. The summed E-state index contributed by atoms with van der Waals surface area (Å²) in [5.74, 6) is 0.121. The second-order valence-corrected chi connectivity index (χ2v) is 3.58. The van der Waals surface area contributed by atoms with Crippen molar-refractivity contribution in [3.63, 3.8) is 0 Å². The minimum atomic E-state index is 0.121. The maximum atomic E-state index is 10.6. The zero-order valence-electron chi connectivity index (χ0n) is 10.6. The van der Waals surface area contributed by atoms with Gasteiger partial charge in [-0.3, -0.25) is 4.79 Å². The molecule has 0 spiro atoms. The Morgan fingerprint density at radius 2 is 1.28 bits per heavy atom. The molecule has 2 aromatic carbocycles. The van der Waals surface area contributed by atoms with Crippen molar-refractivity contribution >= 4 is 5.78 Å². The number of rotatable bonds is 1. The summed E-state index contributed by atoms with van der Waals surface area (Å²) in [4.78, 5) is 10.6. The molecule has 0 radical (unpaired) electrons. The first-order valence-electron chi connectivity index (χ1n) is 5.48. The van der Waals surface area contributed by atoms with Crippen LogP contribution in [0.3, 0.4) is 0 Å². The summed E-state index contributed by atoms with van der Waals surface area (Å²) in [6.07, 6.45) is 0. The first-order valence-corrected chi connectivity index (χ1v) is 5.48. The number of ketones is 1. The zero-order chi connectivity index (χ0) is 13.8. The van der Waals surface area contributed by atoms with E-state index >= 15 is 0 Å². The van der Waals surface area contributed by atoms with Crippen LogP contribution < -0.4 is 0 Å². The topological polar surface area (TPSA) is 37.0 Å². The van der Waals surface area contributed by atoms with Crippen LogP contribution in [0.4, 0.5) is 0 Å². The zero-order valence-corrected chi connectivity index (χ0v) is 10.6. The number of carbonyl (C=O) groups excluding carboxylic acids is 1. The first-order chi connectivity index (χ1) is 8.70. The Morgan fingerprint density at radius 1 is 0.889 bits per heavy atom. The van der Waals surface area contributed by atoms with E-state index in [0.717, 1.165) is 5.56 Å². The molecule has 0 unspecified atom stereocenters. The number of aryl methyl sites for hydroxylation is 1. The predicted molar refractivity (Wildman–Crippen MR) is 71.6 cm³/mol. The summed E-state index contributed by atoms with van der Waals surface area (Å²) in [5, 5.41) is 0. The van der Waals surface area contributed by atoms with Gasteiger partial charge in [-0.05, 0) is 13.8 Å². The van der Waals surface area contributed by atoms with Gasteiger partial charge in [-0.2, -0.15) is 0 Å². The maximum absolute atomic E-state index is 10.6. The first kappa shape index (κ1) is 15.9. The Bertz CT molecular complexity index is 458. The molecule has 0 aliphatic rings. The standard InChI is InChI=1S/C8H8O.C7H8.CO/c1-7(9)8-5-3-2-4-6-8;1-7-5-3-2-4-6-7;1-2/h2-6H,1H3;2-6H,1H3;. The fourth-order valence-electron chi connectivity index (χ4n) is 1.21. The van der Waals surface area contributed by atoms with Gasteiger partial charge < -0.3 is 0 Å². The number of Topliss-reactive ketones (excluding diaryl/α,β-unsaturated/α-hetero) is 1. The van der Waals surface area contributed by atoms with Crippen molar-refractivity contribution in [2.24, 2.45) is 0 Å². The molecule has 2 aromatic rings. The third-order valence-corrected chi connectivity index (χ3v) is 2.12. The summed E-state index contributed by atoms with van der Waals surface area (Å²) in [6.45, 7) is 8.15. The summed E-state index contributed by atoms with van der Waals surface area (Å²) in [7, 11) is 0. The van der Waals surface area contributed by atoms with E-state index in [0.29, 0.717) is 0 Å². The number of benzene rings is 2.